The molecule has 1 aliphatic carbocycles. The molecule has 0 radical (unpaired) electrons. The molecule has 1 N–H and O–H groups in total. The number of amides is 1. The molecule has 1 aliphatic rings. The number of carbonyl (C=O) groups is 1. The van der Waals surface area contributed by atoms with Crippen LogP contribution in [0.5, 0.6) is 0 Å². The highest BCUT2D eigenvalue weighted by atomic mass is 35.5. The molecule has 1 heterocycles. The Kier molecular flexibility index (Phi) is 7.60. The summed E-state index contributed by atoms with van der Waals surface area (Å²) in [6.45, 7) is 2.03. The first-order chi connectivity index (χ1) is 15.6. The molecule has 0 bridgehead atoms. The number of nitrogens with one attached hydrogen (secondary N) is 1. The molecule has 4 rings (SSSR count). The Hall–Kier alpha value is -2.64. The van der Waals surface area contributed by atoms with Crippen LogP contribution in [0.4, 0.5) is 0 Å². The summed E-state index contributed by atoms with van der Waals surface area (Å²) >= 11 is 7.46. The molecule has 6 nitrogen and oxygen atoms in total. The molecule has 8 heteroatoms. The molecule has 32 heavy (non-hydrogen) atoms. The van der Waals surface area contributed by atoms with Crippen LogP contribution in [0.25, 0.3) is 11.4 Å². The predicted octanol–water partition coefficient (Wildman–Crippen LogP) is 5.65. The van der Waals surface area contributed by atoms with E-state index in [9.17, 15) is 4.79 Å². The van der Waals surface area contributed by atoms with Gasteiger partial charge in [-0.2, -0.15) is 5.10 Å². The minimum absolute atomic E-state index is 0.176. The number of hydrogen-bond donors (Lipinski definition) is 1. The molecule has 1 fully saturated rings. The molecule has 1 amide bonds. The summed E-state index contributed by atoms with van der Waals surface area (Å²) in [7, 11) is 0. The molecule has 1 aromatic heterocycles. The minimum Gasteiger partial charge on any atom is -0.299 e. The second-order valence-electron chi connectivity index (χ2n) is 7.97. The van der Waals surface area contributed by atoms with E-state index in [4.69, 9.17) is 11.6 Å². The van der Waals surface area contributed by atoms with Crippen molar-refractivity contribution in [3.05, 3.63) is 64.7 Å². The van der Waals surface area contributed by atoms with Gasteiger partial charge in [-0.1, -0.05) is 72.5 Å². The van der Waals surface area contributed by atoms with Gasteiger partial charge in [-0.15, -0.1) is 10.2 Å². The predicted molar refractivity (Wildman–Crippen MR) is 130 cm³/mol. The van der Waals surface area contributed by atoms with Crippen molar-refractivity contribution in [1.29, 1.82) is 0 Å². The normalized spacial score (nSPS) is 14.7. The van der Waals surface area contributed by atoms with E-state index in [0.717, 1.165) is 34.9 Å². The summed E-state index contributed by atoms with van der Waals surface area (Å²) in [6, 6.07) is 15.9. The molecule has 3 aromatic rings. The average Bonchev–Trinajstić information content (AvgIpc) is 3.24. The summed E-state index contributed by atoms with van der Waals surface area (Å²) in [6.07, 6.45) is 7.49. The van der Waals surface area contributed by atoms with Gasteiger partial charge in [0.1, 0.15) is 0 Å². The van der Waals surface area contributed by atoms with E-state index in [1.54, 1.807) is 6.21 Å². The first-order valence-electron chi connectivity index (χ1n) is 10.8. The van der Waals surface area contributed by atoms with Crippen LogP contribution >= 0.6 is 23.4 Å². The number of hydrazone groups is 1. The van der Waals surface area contributed by atoms with Gasteiger partial charge in [0.15, 0.2) is 11.0 Å². The molecule has 2 aromatic carbocycles. The number of hydrogen-bond acceptors (Lipinski definition) is 5. The van der Waals surface area contributed by atoms with Gasteiger partial charge >= 0.3 is 0 Å². The van der Waals surface area contributed by atoms with Gasteiger partial charge in [0.25, 0.3) is 5.91 Å². The van der Waals surface area contributed by atoms with E-state index >= 15 is 0 Å². The molecule has 0 aliphatic heterocycles. The monoisotopic (exact) mass is 467 g/mol. The highest BCUT2D eigenvalue weighted by Crippen LogP contribution is 2.35. The average molecular weight is 468 g/mol. The third-order valence-corrected chi connectivity index (χ3v) is 6.71. The maximum absolute atomic E-state index is 12.3. The first-order valence-corrected chi connectivity index (χ1v) is 12.2. The van der Waals surface area contributed by atoms with E-state index in [-0.39, 0.29) is 11.7 Å². The van der Waals surface area contributed by atoms with Gasteiger partial charge < -0.3 is 0 Å². The fraction of sp³-hybridized carbons (Fsp3) is 0.333. The number of rotatable bonds is 7. The Morgan fingerprint density at radius 2 is 1.84 bits per heavy atom. The Balaban J connectivity index is 1.44. The van der Waals surface area contributed by atoms with Crippen LogP contribution < -0.4 is 5.43 Å². The first kappa shape index (κ1) is 22.6. The highest BCUT2D eigenvalue weighted by molar-refractivity contribution is 7.99. The van der Waals surface area contributed by atoms with E-state index < -0.39 is 0 Å². The lowest BCUT2D eigenvalue weighted by molar-refractivity contribution is -0.118. The lowest BCUT2D eigenvalue weighted by Gasteiger charge is -2.25. The minimum atomic E-state index is -0.176. The summed E-state index contributed by atoms with van der Waals surface area (Å²) in [4.78, 5) is 12.3. The highest BCUT2D eigenvalue weighted by Gasteiger charge is 2.24. The van der Waals surface area contributed by atoms with Crippen LogP contribution in [0.1, 0.15) is 49.3 Å². The van der Waals surface area contributed by atoms with Gasteiger partial charge in [-0.25, -0.2) is 5.43 Å². The molecule has 0 atom stereocenters. The van der Waals surface area contributed by atoms with Crippen molar-refractivity contribution in [1.82, 2.24) is 20.2 Å². The molecular weight excluding hydrogens is 442 g/mol. The fourth-order valence-electron chi connectivity index (χ4n) is 3.83. The topological polar surface area (TPSA) is 72.2 Å². The van der Waals surface area contributed by atoms with Gasteiger partial charge in [0.05, 0.1) is 12.0 Å². The molecule has 0 saturated heterocycles. The maximum Gasteiger partial charge on any atom is 0.250 e. The van der Waals surface area contributed by atoms with Crippen LogP contribution in [0.15, 0.2) is 58.8 Å². The van der Waals surface area contributed by atoms with Gasteiger partial charge in [-0.3, -0.25) is 9.36 Å². The Labute approximate surface area is 197 Å². The SMILES string of the molecule is Cc1ccc(/C=N\NC(=O)CSc2nnc(-c3ccc(Cl)cc3)n2C2CCCCC2)cc1. The fourth-order valence-corrected chi connectivity index (χ4v) is 4.76. The number of aromatic nitrogens is 3. The van der Waals surface area contributed by atoms with Crippen molar-refractivity contribution in [3.63, 3.8) is 0 Å². The lowest BCUT2D eigenvalue weighted by atomic mass is 9.95. The molecule has 0 unspecified atom stereocenters. The van der Waals surface area contributed by atoms with Crippen LogP contribution in [-0.2, 0) is 4.79 Å². The van der Waals surface area contributed by atoms with Crippen LogP contribution in [0.3, 0.4) is 0 Å². The summed E-state index contributed by atoms with van der Waals surface area (Å²) < 4.78 is 2.20. The van der Waals surface area contributed by atoms with E-state index in [1.807, 2.05) is 55.5 Å². The van der Waals surface area contributed by atoms with Crippen LogP contribution in [-0.4, -0.2) is 32.6 Å². The van der Waals surface area contributed by atoms with E-state index in [2.05, 4.69) is 25.3 Å². The largest absolute Gasteiger partial charge is 0.299 e. The molecular formula is C24H26ClN5OS. The smallest absolute Gasteiger partial charge is 0.250 e. The third kappa shape index (κ3) is 5.78. The van der Waals surface area contributed by atoms with Crippen molar-refractivity contribution in [2.24, 2.45) is 5.10 Å². The number of carbonyl (C=O) groups excluding carboxylic acids is 1. The molecule has 166 valence electrons. The van der Waals surface area contributed by atoms with E-state index in [1.165, 1.54) is 36.6 Å². The van der Waals surface area contributed by atoms with Gasteiger partial charge in [-0.05, 0) is 49.6 Å². The zero-order valence-corrected chi connectivity index (χ0v) is 19.6. The summed E-state index contributed by atoms with van der Waals surface area (Å²) in [5.41, 5.74) is 5.70. The zero-order chi connectivity index (χ0) is 22.3. The lowest BCUT2D eigenvalue weighted by Crippen LogP contribution is -2.20. The maximum atomic E-state index is 12.3. The van der Waals surface area contributed by atoms with Gasteiger partial charge in [0.2, 0.25) is 0 Å². The standard InChI is InChI=1S/C24H26ClN5OS/c1-17-7-9-18(10-8-17)15-26-27-22(31)16-32-24-29-28-23(19-11-13-20(25)14-12-19)30(24)21-5-3-2-4-6-21/h7-15,21H,2-6,16H2,1H3,(H,27,31)/b26-15-. The zero-order valence-electron chi connectivity index (χ0n) is 18.0. The Bertz CT molecular complexity index is 1070. The number of aryl methyl sites for hydroxylation is 1. The number of halogens is 1. The van der Waals surface area contributed by atoms with E-state index in [0.29, 0.717) is 11.1 Å². The number of nitrogens with zero attached hydrogens (tertiary/aromatic N) is 4. The second kappa shape index (κ2) is 10.8. The van der Waals surface area contributed by atoms with Crippen molar-refractivity contribution in [2.45, 2.75) is 50.2 Å². The Morgan fingerprint density at radius 1 is 1.12 bits per heavy atom. The van der Waals surface area contributed by atoms with Crippen LogP contribution in [0, 0.1) is 6.92 Å². The molecule has 1 saturated carbocycles. The van der Waals surface area contributed by atoms with Crippen LogP contribution in [0.2, 0.25) is 5.02 Å². The van der Waals surface area contributed by atoms with Gasteiger partial charge in [0, 0.05) is 16.6 Å². The second-order valence-corrected chi connectivity index (χ2v) is 9.35. The number of thioether (sulfide) groups is 1. The number of benzene rings is 2. The summed E-state index contributed by atoms with van der Waals surface area (Å²) in [5, 5.41) is 14.4. The molecule has 0 spiro atoms. The summed E-state index contributed by atoms with van der Waals surface area (Å²) in [5.74, 6) is 0.870. The quantitative estimate of drug-likeness (QED) is 0.276. The van der Waals surface area contributed by atoms with Crippen molar-refractivity contribution >= 4 is 35.5 Å². The van der Waals surface area contributed by atoms with Crippen molar-refractivity contribution in [2.75, 3.05) is 5.75 Å². The van der Waals surface area contributed by atoms with Crippen molar-refractivity contribution in [3.8, 4) is 11.4 Å². The van der Waals surface area contributed by atoms with Crippen molar-refractivity contribution < 1.29 is 4.79 Å². The third-order valence-electron chi connectivity index (χ3n) is 5.52. The Morgan fingerprint density at radius 3 is 2.56 bits per heavy atom.